The maximum atomic E-state index is 11.7. The van der Waals surface area contributed by atoms with Gasteiger partial charge in [0.15, 0.2) is 5.76 Å². The second kappa shape index (κ2) is 6.19. The SMILES string of the molecule is Cc1nc(CC(=O)OCc2cc(-c3cccs3)on2)cs1. The number of carbonyl (C=O) groups excluding carboxylic acids is 1. The molecule has 0 saturated heterocycles. The number of thiophene rings is 1. The zero-order valence-electron chi connectivity index (χ0n) is 11.2. The lowest BCUT2D eigenvalue weighted by atomic mass is 10.3. The first-order valence-electron chi connectivity index (χ1n) is 6.27. The van der Waals surface area contributed by atoms with Crippen molar-refractivity contribution in [1.29, 1.82) is 0 Å². The van der Waals surface area contributed by atoms with Crippen molar-refractivity contribution in [3.63, 3.8) is 0 Å². The van der Waals surface area contributed by atoms with Crippen LogP contribution in [0.3, 0.4) is 0 Å². The Balaban J connectivity index is 1.54. The van der Waals surface area contributed by atoms with E-state index in [-0.39, 0.29) is 19.0 Å². The van der Waals surface area contributed by atoms with Gasteiger partial charge in [-0.05, 0) is 18.4 Å². The number of thiazole rings is 1. The number of rotatable bonds is 5. The Morgan fingerprint density at radius 2 is 2.29 bits per heavy atom. The van der Waals surface area contributed by atoms with Crippen LogP contribution in [0.25, 0.3) is 10.6 Å². The highest BCUT2D eigenvalue weighted by Gasteiger charge is 2.11. The summed E-state index contributed by atoms with van der Waals surface area (Å²) in [4.78, 5) is 16.9. The highest BCUT2D eigenvalue weighted by molar-refractivity contribution is 7.13. The third-order valence-corrected chi connectivity index (χ3v) is 4.40. The quantitative estimate of drug-likeness (QED) is 0.674. The number of ether oxygens (including phenoxy) is 1. The number of hydrogen-bond donors (Lipinski definition) is 0. The molecule has 0 bridgehead atoms. The molecule has 0 unspecified atom stereocenters. The third-order valence-electron chi connectivity index (χ3n) is 2.70. The predicted octanol–water partition coefficient (Wildman–Crippen LogP) is 3.45. The van der Waals surface area contributed by atoms with Gasteiger partial charge in [0.2, 0.25) is 0 Å². The molecular weight excluding hydrogens is 308 g/mol. The van der Waals surface area contributed by atoms with Gasteiger partial charge in [0, 0.05) is 11.4 Å². The summed E-state index contributed by atoms with van der Waals surface area (Å²) in [5, 5.41) is 8.66. The second-order valence-corrected chi connectivity index (χ2v) is 6.37. The monoisotopic (exact) mass is 320 g/mol. The summed E-state index contributed by atoms with van der Waals surface area (Å²) in [6.45, 7) is 2.01. The standard InChI is InChI=1S/C14H12N2O3S2/c1-9-15-11(8-21-9)6-14(17)18-7-10-5-12(19-16-10)13-3-2-4-20-13/h2-5,8H,6-7H2,1H3. The molecule has 3 aromatic rings. The summed E-state index contributed by atoms with van der Waals surface area (Å²) in [6.07, 6.45) is 0.181. The molecule has 0 aliphatic rings. The van der Waals surface area contributed by atoms with Crippen molar-refractivity contribution in [2.75, 3.05) is 0 Å². The highest BCUT2D eigenvalue weighted by atomic mass is 32.1. The van der Waals surface area contributed by atoms with Crippen molar-refractivity contribution in [3.05, 3.63) is 45.4 Å². The molecule has 0 radical (unpaired) electrons. The van der Waals surface area contributed by atoms with Gasteiger partial charge in [-0.25, -0.2) is 4.98 Å². The second-order valence-electron chi connectivity index (χ2n) is 4.36. The first-order chi connectivity index (χ1) is 10.2. The molecule has 7 heteroatoms. The largest absolute Gasteiger partial charge is 0.459 e. The molecule has 0 aromatic carbocycles. The van der Waals surface area contributed by atoms with Gasteiger partial charge in [0.25, 0.3) is 0 Å². The lowest BCUT2D eigenvalue weighted by Crippen LogP contribution is -2.08. The normalized spacial score (nSPS) is 10.7. The van der Waals surface area contributed by atoms with Crippen molar-refractivity contribution in [2.45, 2.75) is 20.0 Å². The van der Waals surface area contributed by atoms with Crippen LogP contribution in [0.5, 0.6) is 0 Å². The summed E-state index contributed by atoms with van der Waals surface area (Å²) < 4.78 is 10.4. The van der Waals surface area contributed by atoms with Gasteiger partial charge in [0.05, 0.1) is 22.0 Å². The summed E-state index contributed by atoms with van der Waals surface area (Å²) in [7, 11) is 0. The third kappa shape index (κ3) is 3.56. The van der Waals surface area contributed by atoms with Gasteiger partial charge in [-0.2, -0.15) is 0 Å². The molecule has 0 aliphatic carbocycles. The van der Waals surface area contributed by atoms with Gasteiger partial charge in [-0.15, -0.1) is 22.7 Å². The first kappa shape index (κ1) is 14.0. The van der Waals surface area contributed by atoms with E-state index in [0.29, 0.717) is 11.5 Å². The summed E-state index contributed by atoms with van der Waals surface area (Å²) in [5.74, 6) is 0.368. The number of hydrogen-bond acceptors (Lipinski definition) is 7. The molecule has 3 rings (SSSR count). The number of carbonyl (C=O) groups is 1. The van der Waals surface area contributed by atoms with Crippen molar-refractivity contribution >= 4 is 28.6 Å². The zero-order valence-corrected chi connectivity index (χ0v) is 12.9. The van der Waals surface area contributed by atoms with Crippen molar-refractivity contribution in [2.24, 2.45) is 0 Å². The van der Waals surface area contributed by atoms with Crippen LogP contribution < -0.4 is 0 Å². The molecule has 0 spiro atoms. The summed E-state index contributed by atoms with van der Waals surface area (Å²) in [5.41, 5.74) is 1.34. The van der Waals surface area contributed by atoms with E-state index in [1.165, 1.54) is 11.3 Å². The Labute approximate surface area is 129 Å². The molecule has 0 fully saturated rings. The minimum absolute atomic E-state index is 0.108. The maximum absolute atomic E-state index is 11.7. The Kier molecular flexibility index (Phi) is 4.12. The van der Waals surface area contributed by atoms with Gasteiger partial charge in [-0.1, -0.05) is 11.2 Å². The summed E-state index contributed by atoms with van der Waals surface area (Å²) in [6, 6.07) is 5.68. The van der Waals surface area contributed by atoms with Crippen molar-refractivity contribution < 1.29 is 14.1 Å². The average molecular weight is 320 g/mol. The van der Waals surface area contributed by atoms with Gasteiger partial charge in [0.1, 0.15) is 12.3 Å². The van der Waals surface area contributed by atoms with Gasteiger partial charge in [-0.3, -0.25) is 4.79 Å². The van der Waals surface area contributed by atoms with Crippen LogP contribution in [0.2, 0.25) is 0 Å². The molecule has 0 aliphatic heterocycles. The average Bonchev–Trinajstić information content (AvgIpc) is 3.17. The molecule has 3 heterocycles. The van der Waals surface area contributed by atoms with Crippen LogP contribution in [0.15, 0.2) is 33.5 Å². The van der Waals surface area contributed by atoms with E-state index in [1.54, 1.807) is 17.4 Å². The minimum atomic E-state index is -0.319. The van der Waals surface area contributed by atoms with Crippen molar-refractivity contribution in [1.82, 2.24) is 10.1 Å². The zero-order chi connectivity index (χ0) is 14.7. The molecule has 108 valence electrons. The van der Waals surface area contributed by atoms with E-state index < -0.39 is 0 Å². The van der Waals surface area contributed by atoms with Crippen LogP contribution in [0.4, 0.5) is 0 Å². The Bertz CT molecular complexity index is 731. The fourth-order valence-electron chi connectivity index (χ4n) is 1.76. The van der Waals surface area contributed by atoms with E-state index in [1.807, 2.05) is 29.8 Å². The van der Waals surface area contributed by atoms with E-state index in [9.17, 15) is 4.79 Å². The Morgan fingerprint density at radius 1 is 1.38 bits per heavy atom. The van der Waals surface area contributed by atoms with Crippen LogP contribution in [-0.2, 0) is 22.6 Å². The number of esters is 1. The van der Waals surface area contributed by atoms with E-state index >= 15 is 0 Å². The molecule has 0 amide bonds. The summed E-state index contributed by atoms with van der Waals surface area (Å²) >= 11 is 3.09. The smallest absolute Gasteiger partial charge is 0.312 e. The first-order valence-corrected chi connectivity index (χ1v) is 8.03. The molecule has 0 atom stereocenters. The highest BCUT2D eigenvalue weighted by Crippen LogP contribution is 2.25. The molecule has 3 aromatic heterocycles. The molecule has 0 saturated carbocycles. The number of aromatic nitrogens is 2. The predicted molar refractivity (Wildman–Crippen MR) is 80.2 cm³/mol. The number of aryl methyl sites for hydroxylation is 1. The molecule has 21 heavy (non-hydrogen) atoms. The van der Waals surface area contributed by atoms with Crippen LogP contribution in [0, 0.1) is 6.92 Å². The van der Waals surface area contributed by atoms with Crippen molar-refractivity contribution in [3.8, 4) is 10.6 Å². The minimum Gasteiger partial charge on any atom is -0.459 e. The lowest BCUT2D eigenvalue weighted by molar-refractivity contribution is -0.144. The number of nitrogens with zero attached hydrogens (tertiary/aromatic N) is 2. The van der Waals surface area contributed by atoms with Crippen LogP contribution in [0.1, 0.15) is 16.4 Å². The maximum Gasteiger partial charge on any atom is 0.312 e. The molecule has 5 nitrogen and oxygen atoms in total. The Morgan fingerprint density at radius 3 is 3.00 bits per heavy atom. The fraction of sp³-hybridized carbons (Fsp3) is 0.214. The topological polar surface area (TPSA) is 65.2 Å². The van der Waals surface area contributed by atoms with Crippen LogP contribution in [-0.4, -0.2) is 16.1 Å². The van der Waals surface area contributed by atoms with Gasteiger partial charge < -0.3 is 9.26 Å². The lowest BCUT2D eigenvalue weighted by Gasteiger charge is -2.00. The van der Waals surface area contributed by atoms with Crippen LogP contribution >= 0.6 is 22.7 Å². The van der Waals surface area contributed by atoms with Gasteiger partial charge >= 0.3 is 5.97 Å². The Hall–Kier alpha value is -1.99. The van der Waals surface area contributed by atoms with E-state index in [0.717, 1.165) is 15.6 Å². The molecule has 0 N–H and O–H groups in total. The van der Waals surface area contributed by atoms with E-state index in [2.05, 4.69) is 10.1 Å². The molecular formula is C14H12N2O3S2. The van der Waals surface area contributed by atoms with E-state index in [4.69, 9.17) is 9.26 Å². The fourth-order valence-corrected chi connectivity index (χ4v) is 3.04.